The lowest BCUT2D eigenvalue weighted by Crippen LogP contribution is -2.54. The maximum atomic E-state index is 13.8. The van der Waals surface area contributed by atoms with Crippen LogP contribution < -0.4 is 20.3 Å². The van der Waals surface area contributed by atoms with Crippen LogP contribution in [0.4, 0.5) is 25.0 Å². The lowest BCUT2D eigenvalue weighted by Gasteiger charge is -2.26. The van der Waals surface area contributed by atoms with Gasteiger partial charge in [0.05, 0.1) is 11.4 Å². The molecule has 4 rings (SSSR count). The molecule has 0 bridgehead atoms. The summed E-state index contributed by atoms with van der Waals surface area (Å²) in [6, 6.07) is 13.9. The number of rotatable bonds is 6. The molecule has 0 saturated carbocycles. The topological polar surface area (TPSA) is 105 Å². The van der Waals surface area contributed by atoms with Gasteiger partial charge in [0.15, 0.2) is 6.61 Å². The third-order valence-corrected chi connectivity index (χ3v) is 5.46. The van der Waals surface area contributed by atoms with E-state index in [1.165, 1.54) is 48.5 Å². The van der Waals surface area contributed by atoms with E-state index >= 15 is 0 Å². The Kier molecular flexibility index (Phi) is 7.20. The van der Waals surface area contributed by atoms with E-state index in [1.807, 2.05) is 0 Å². The summed E-state index contributed by atoms with van der Waals surface area (Å²) in [5.74, 6) is -3.54. The summed E-state index contributed by atoms with van der Waals surface area (Å²) in [6.07, 6.45) is 1.20. The molecular weight excluding hydrogens is 540 g/mol. The molecule has 8 nitrogen and oxygen atoms in total. The van der Waals surface area contributed by atoms with E-state index in [9.17, 15) is 28.0 Å². The Morgan fingerprint density at radius 3 is 2.47 bits per heavy atom. The Morgan fingerprint density at radius 1 is 1.03 bits per heavy atom. The van der Waals surface area contributed by atoms with Gasteiger partial charge in [-0.2, -0.15) is 0 Å². The number of benzene rings is 3. The van der Waals surface area contributed by atoms with Crippen molar-refractivity contribution >= 4 is 57.1 Å². The molecule has 3 aromatic rings. The summed E-state index contributed by atoms with van der Waals surface area (Å²) in [4.78, 5) is 50.8. The molecule has 11 heteroatoms. The number of anilines is 2. The number of amides is 5. The van der Waals surface area contributed by atoms with Crippen molar-refractivity contribution in [1.82, 2.24) is 5.32 Å². The number of imide groups is 2. The number of carbonyl (C=O) groups is 4. The van der Waals surface area contributed by atoms with E-state index in [-0.39, 0.29) is 22.7 Å². The van der Waals surface area contributed by atoms with Crippen molar-refractivity contribution in [2.24, 2.45) is 0 Å². The van der Waals surface area contributed by atoms with Gasteiger partial charge in [-0.25, -0.2) is 18.5 Å². The van der Waals surface area contributed by atoms with E-state index in [4.69, 9.17) is 4.74 Å². The van der Waals surface area contributed by atoms with E-state index in [1.54, 1.807) is 12.1 Å². The van der Waals surface area contributed by atoms with Crippen molar-refractivity contribution in [3.8, 4) is 5.75 Å². The summed E-state index contributed by atoms with van der Waals surface area (Å²) in [5.41, 5.74) is -0.0974. The number of hydrogen-bond acceptors (Lipinski definition) is 5. The van der Waals surface area contributed by atoms with Crippen molar-refractivity contribution in [2.45, 2.75) is 0 Å². The van der Waals surface area contributed by atoms with Crippen molar-refractivity contribution in [3.63, 3.8) is 0 Å². The molecule has 1 fully saturated rings. The maximum Gasteiger partial charge on any atom is 0.335 e. The highest BCUT2D eigenvalue weighted by atomic mass is 79.9. The van der Waals surface area contributed by atoms with Crippen LogP contribution in [0.3, 0.4) is 0 Å². The predicted octanol–water partition coefficient (Wildman–Crippen LogP) is 4.41. The highest BCUT2D eigenvalue weighted by Crippen LogP contribution is 2.28. The molecule has 5 amide bonds. The summed E-state index contributed by atoms with van der Waals surface area (Å²) < 4.78 is 33.2. The molecule has 1 saturated heterocycles. The van der Waals surface area contributed by atoms with Crippen LogP contribution in [0.2, 0.25) is 0 Å². The third-order valence-electron chi connectivity index (χ3n) is 4.96. The van der Waals surface area contributed by atoms with Gasteiger partial charge in [0.2, 0.25) is 0 Å². The number of halogens is 3. The van der Waals surface area contributed by atoms with Crippen molar-refractivity contribution in [2.75, 3.05) is 16.8 Å². The average molecular weight is 556 g/mol. The second-order valence-electron chi connectivity index (χ2n) is 7.43. The number of ether oxygens (including phenoxy) is 1. The molecule has 0 radical (unpaired) electrons. The molecule has 3 aromatic carbocycles. The SMILES string of the molecule is O=C(COc1ccc(Br)cc1/C=C1\C(=O)NC(=O)N(c2ccc(F)cc2)C1=O)Nc1ccccc1F. The minimum absolute atomic E-state index is 0.0146. The molecule has 1 aliphatic heterocycles. The largest absolute Gasteiger partial charge is 0.483 e. The monoisotopic (exact) mass is 555 g/mol. The van der Waals surface area contributed by atoms with E-state index in [0.29, 0.717) is 9.37 Å². The quantitative estimate of drug-likeness (QED) is 0.346. The Hall–Kier alpha value is -4.38. The zero-order valence-electron chi connectivity index (χ0n) is 18.3. The summed E-state index contributed by atoms with van der Waals surface area (Å²) in [6.45, 7) is -0.494. The lowest BCUT2D eigenvalue weighted by atomic mass is 10.1. The third kappa shape index (κ3) is 5.47. The minimum Gasteiger partial charge on any atom is -0.483 e. The summed E-state index contributed by atoms with van der Waals surface area (Å²) in [7, 11) is 0. The first-order valence-corrected chi connectivity index (χ1v) is 11.2. The highest BCUT2D eigenvalue weighted by Gasteiger charge is 2.37. The van der Waals surface area contributed by atoms with Gasteiger partial charge < -0.3 is 10.1 Å². The predicted molar refractivity (Wildman–Crippen MR) is 130 cm³/mol. The molecule has 2 N–H and O–H groups in total. The number of urea groups is 1. The molecule has 0 spiro atoms. The summed E-state index contributed by atoms with van der Waals surface area (Å²) in [5, 5.41) is 4.46. The Bertz CT molecular complexity index is 1410. The first-order valence-electron chi connectivity index (χ1n) is 10.4. The molecular formula is C25H16BrF2N3O5. The van der Waals surface area contributed by atoms with E-state index in [2.05, 4.69) is 26.6 Å². The van der Waals surface area contributed by atoms with Gasteiger partial charge in [-0.1, -0.05) is 28.1 Å². The van der Waals surface area contributed by atoms with Gasteiger partial charge in [-0.05, 0) is 60.7 Å². The number of nitrogens with one attached hydrogen (secondary N) is 2. The number of hydrogen-bond donors (Lipinski definition) is 2. The smallest absolute Gasteiger partial charge is 0.335 e. The number of barbiturate groups is 1. The molecule has 36 heavy (non-hydrogen) atoms. The van der Waals surface area contributed by atoms with Crippen LogP contribution >= 0.6 is 15.9 Å². The van der Waals surface area contributed by atoms with Gasteiger partial charge >= 0.3 is 6.03 Å². The van der Waals surface area contributed by atoms with Gasteiger partial charge in [0, 0.05) is 10.0 Å². The fourth-order valence-corrected chi connectivity index (χ4v) is 3.67. The second-order valence-corrected chi connectivity index (χ2v) is 8.35. The second kappa shape index (κ2) is 10.5. The molecule has 0 atom stereocenters. The first-order chi connectivity index (χ1) is 17.2. The van der Waals surface area contributed by atoms with Gasteiger partial charge in [0.25, 0.3) is 17.7 Å². The minimum atomic E-state index is -0.982. The van der Waals surface area contributed by atoms with Gasteiger partial charge in [-0.15, -0.1) is 0 Å². The molecule has 182 valence electrons. The highest BCUT2D eigenvalue weighted by molar-refractivity contribution is 9.10. The van der Waals surface area contributed by atoms with Crippen molar-refractivity contribution < 1.29 is 32.7 Å². The Labute approximate surface area is 211 Å². The lowest BCUT2D eigenvalue weighted by molar-refractivity contribution is -0.122. The average Bonchev–Trinajstić information content (AvgIpc) is 2.84. The molecule has 1 heterocycles. The van der Waals surface area contributed by atoms with Crippen LogP contribution in [-0.4, -0.2) is 30.4 Å². The number of para-hydroxylation sites is 1. The molecule has 0 unspecified atom stereocenters. The Balaban J connectivity index is 1.58. The molecule has 0 aromatic heterocycles. The van der Waals surface area contributed by atoms with E-state index < -0.39 is 47.6 Å². The zero-order valence-corrected chi connectivity index (χ0v) is 19.8. The molecule has 1 aliphatic rings. The Morgan fingerprint density at radius 2 is 1.75 bits per heavy atom. The molecule has 0 aliphatic carbocycles. The van der Waals surface area contributed by atoms with Crippen LogP contribution in [0.1, 0.15) is 5.56 Å². The van der Waals surface area contributed by atoms with E-state index in [0.717, 1.165) is 12.1 Å². The number of nitrogens with zero attached hydrogens (tertiary/aromatic N) is 1. The standard InChI is InChI=1S/C25H16BrF2N3O5/c26-15-5-10-21(36-13-22(32)29-20-4-2-1-3-19(20)28)14(11-15)12-18-23(33)30-25(35)31(24(18)34)17-8-6-16(27)7-9-17/h1-12H,13H2,(H,29,32)(H,30,33,35)/b18-12+. The van der Waals surface area contributed by atoms with Crippen LogP contribution in [0.5, 0.6) is 5.75 Å². The van der Waals surface area contributed by atoms with Gasteiger partial charge in [0.1, 0.15) is 23.0 Å². The zero-order chi connectivity index (χ0) is 25.8. The maximum absolute atomic E-state index is 13.8. The fraction of sp³-hybridized carbons (Fsp3) is 0.0400. The fourth-order valence-electron chi connectivity index (χ4n) is 3.29. The normalized spacial score (nSPS) is 14.6. The van der Waals surface area contributed by atoms with Crippen molar-refractivity contribution in [3.05, 3.63) is 94.0 Å². The number of carbonyl (C=O) groups excluding carboxylic acids is 4. The van der Waals surface area contributed by atoms with Crippen LogP contribution in [0, 0.1) is 11.6 Å². The first kappa shape index (κ1) is 24.7. The van der Waals surface area contributed by atoms with Crippen LogP contribution in [-0.2, 0) is 14.4 Å². The van der Waals surface area contributed by atoms with Crippen LogP contribution in [0.25, 0.3) is 6.08 Å². The van der Waals surface area contributed by atoms with Gasteiger partial charge in [-0.3, -0.25) is 19.7 Å². The van der Waals surface area contributed by atoms with Crippen molar-refractivity contribution in [1.29, 1.82) is 0 Å². The summed E-state index contributed by atoms with van der Waals surface area (Å²) >= 11 is 3.30. The van der Waals surface area contributed by atoms with Crippen LogP contribution in [0.15, 0.2) is 76.8 Å².